The summed E-state index contributed by atoms with van der Waals surface area (Å²) in [6, 6.07) is 8.99. The zero-order valence-electron chi connectivity index (χ0n) is 16.8. The number of carbonyl (C=O) groups excluding carboxylic acids is 2. The van der Waals surface area contributed by atoms with Crippen molar-refractivity contribution in [3.05, 3.63) is 30.1 Å². The molecule has 0 unspecified atom stereocenters. The van der Waals surface area contributed by atoms with E-state index in [1.807, 2.05) is 28.0 Å². The van der Waals surface area contributed by atoms with Crippen LogP contribution in [0.25, 0.3) is 11.0 Å². The molecule has 5 rings (SSSR count). The Bertz CT molecular complexity index is 919. The number of hydrogen-bond donors (Lipinski definition) is 1. The van der Waals surface area contributed by atoms with Gasteiger partial charge in [-0.25, -0.2) is 9.78 Å². The topological polar surface area (TPSA) is 70.5 Å². The highest BCUT2D eigenvalue weighted by Crippen LogP contribution is 2.38. The van der Waals surface area contributed by atoms with Gasteiger partial charge >= 0.3 is 6.03 Å². The maximum Gasteiger partial charge on any atom is 0.317 e. The summed E-state index contributed by atoms with van der Waals surface area (Å²) < 4.78 is 2.30. The number of nitrogens with one attached hydrogen (secondary N) is 1. The molecular weight excluding hydrogens is 366 g/mol. The molecule has 0 spiro atoms. The third-order valence-electron chi connectivity index (χ3n) is 6.51. The van der Waals surface area contributed by atoms with E-state index in [9.17, 15) is 9.59 Å². The van der Waals surface area contributed by atoms with Crippen LogP contribution >= 0.6 is 0 Å². The summed E-state index contributed by atoms with van der Waals surface area (Å²) in [5.41, 5.74) is 2.16. The van der Waals surface area contributed by atoms with Gasteiger partial charge in [-0.3, -0.25) is 4.79 Å². The van der Waals surface area contributed by atoms with Crippen molar-refractivity contribution in [2.45, 2.75) is 63.6 Å². The molecule has 1 aliphatic carbocycles. The summed E-state index contributed by atoms with van der Waals surface area (Å²) in [4.78, 5) is 33.6. The summed E-state index contributed by atoms with van der Waals surface area (Å²) in [6.07, 6.45) is 6.84. The SMILES string of the molecule is O=C(NCc1nc2ccccc2n1C1CC1)N1CCC[C@@H](N2CCCC2=O)CC1. The molecule has 0 radical (unpaired) electrons. The normalized spacial score (nSPS) is 22.9. The lowest BCUT2D eigenvalue weighted by Gasteiger charge is -2.27. The lowest BCUT2D eigenvalue weighted by atomic mass is 10.1. The summed E-state index contributed by atoms with van der Waals surface area (Å²) in [5, 5.41) is 3.10. The van der Waals surface area contributed by atoms with Crippen molar-refractivity contribution in [2.75, 3.05) is 19.6 Å². The molecule has 3 heterocycles. The van der Waals surface area contributed by atoms with Crippen molar-refractivity contribution in [3.63, 3.8) is 0 Å². The maximum atomic E-state index is 12.8. The van der Waals surface area contributed by atoms with E-state index >= 15 is 0 Å². The van der Waals surface area contributed by atoms with Gasteiger partial charge in [0.05, 0.1) is 17.6 Å². The van der Waals surface area contributed by atoms with Crippen molar-refractivity contribution in [1.82, 2.24) is 24.7 Å². The third kappa shape index (κ3) is 3.70. The molecule has 0 bridgehead atoms. The third-order valence-corrected chi connectivity index (χ3v) is 6.51. The van der Waals surface area contributed by atoms with Gasteiger partial charge in [-0.15, -0.1) is 0 Å². The van der Waals surface area contributed by atoms with E-state index in [-0.39, 0.29) is 11.9 Å². The van der Waals surface area contributed by atoms with Crippen LogP contribution in [0.1, 0.15) is 56.8 Å². The minimum Gasteiger partial charge on any atom is -0.340 e. The summed E-state index contributed by atoms with van der Waals surface area (Å²) in [6.45, 7) is 2.80. The Morgan fingerprint density at radius 3 is 2.69 bits per heavy atom. The second-order valence-electron chi connectivity index (χ2n) is 8.54. The fraction of sp³-hybridized carbons (Fsp3) is 0.591. The molecule has 1 N–H and O–H groups in total. The maximum absolute atomic E-state index is 12.8. The first-order valence-electron chi connectivity index (χ1n) is 11.0. The first kappa shape index (κ1) is 18.5. The number of benzene rings is 1. The lowest BCUT2D eigenvalue weighted by molar-refractivity contribution is -0.129. The van der Waals surface area contributed by atoms with Gasteiger partial charge in [0, 0.05) is 38.1 Å². The number of amides is 3. The molecule has 3 amide bonds. The number of hydrogen-bond acceptors (Lipinski definition) is 3. The molecule has 1 atom stereocenters. The molecule has 3 fully saturated rings. The molecule has 1 aromatic heterocycles. The van der Waals surface area contributed by atoms with Gasteiger partial charge in [0.1, 0.15) is 5.82 Å². The Morgan fingerprint density at radius 2 is 1.90 bits per heavy atom. The number of rotatable bonds is 4. The van der Waals surface area contributed by atoms with Gasteiger partial charge in [0.15, 0.2) is 0 Å². The zero-order chi connectivity index (χ0) is 19.8. The molecular formula is C22H29N5O2. The summed E-state index contributed by atoms with van der Waals surface area (Å²) >= 11 is 0. The van der Waals surface area contributed by atoms with Gasteiger partial charge in [0.25, 0.3) is 0 Å². The van der Waals surface area contributed by atoms with Gasteiger partial charge in [-0.1, -0.05) is 12.1 Å². The number of para-hydroxylation sites is 2. The monoisotopic (exact) mass is 395 g/mol. The molecule has 3 aliphatic rings. The highest BCUT2D eigenvalue weighted by atomic mass is 16.2. The molecule has 2 saturated heterocycles. The number of aromatic nitrogens is 2. The number of likely N-dealkylation sites (tertiary alicyclic amines) is 2. The molecule has 2 aliphatic heterocycles. The van der Waals surface area contributed by atoms with E-state index in [2.05, 4.69) is 16.0 Å². The van der Waals surface area contributed by atoms with Crippen molar-refractivity contribution in [2.24, 2.45) is 0 Å². The van der Waals surface area contributed by atoms with Crippen LogP contribution in [0.2, 0.25) is 0 Å². The minimum atomic E-state index is -0.0206. The quantitative estimate of drug-likeness (QED) is 0.865. The molecule has 1 aromatic carbocycles. The Kier molecular flexibility index (Phi) is 4.89. The Labute approximate surface area is 171 Å². The van der Waals surface area contributed by atoms with Crippen LogP contribution in [0.15, 0.2) is 24.3 Å². The van der Waals surface area contributed by atoms with Crippen LogP contribution in [0.3, 0.4) is 0 Å². The Hall–Kier alpha value is -2.57. The van der Waals surface area contributed by atoms with E-state index in [0.29, 0.717) is 31.6 Å². The average molecular weight is 396 g/mol. The number of nitrogens with zero attached hydrogens (tertiary/aromatic N) is 4. The van der Waals surface area contributed by atoms with Gasteiger partial charge in [-0.2, -0.15) is 0 Å². The predicted molar refractivity (Wildman–Crippen MR) is 110 cm³/mol. The second kappa shape index (κ2) is 7.69. The number of imidazole rings is 1. The molecule has 7 nitrogen and oxygen atoms in total. The molecule has 1 saturated carbocycles. The first-order valence-corrected chi connectivity index (χ1v) is 11.0. The summed E-state index contributed by atoms with van der Waals surface area (Å²) in [5.74, 6) is 1.23. The Balaban J connectivity index is 1.22. The van der Waals surface area contributed by atoms with Crippen LogP contribution in [0.4, 0.5) is 4.79 Å². The van der Waals surface area contributed by atoms with E-state index in [1.165, 1.54) is 12.8 Å². The Morgan fingerprint density at radius 1 is 1.03 bits per heavy atom. The molecule has 7 heteroatoms. The highest BCUT2D eigenvalue weighted by Gasteiger charge is 2.31. The van der Waals surface area contributed by atoms with Gasteiger partial charge in [0.2, 0.25) is 5.91 Å². The van der Waals surface area contributed by atoms with Crippen molar-refractivity contribution in [3.8, 4) is 0 Å². The van der Waals surface area contributed by atoms with E-state index in [1.54, 1.807) is 0 Å². The highest BCUT2D eigenvalue weighted by molar-refractivity contribution is 5.79. The van der Waals surface area contributed by atoms with Crippen LogP contribution in [0.5, 0.6) is 0 Å². The van der Waals surface area contributed by atoms with Gasteiger partial charge in [-0.05, 0) is 50.7 Å². The standard InChI is InChI=1S/C22H29N5O2/c28-21-8-4-13-26(21)16-5-3-12-25(14-11-16)22(29)23-15-20-24-18-6-1-2-7-19(18)27(20)17-9-10-17/h1-2,6-7,16-17H,3-5,8-15H2,(H,23,29)/t16-/m1/s1. The van der Waals surface area contributed by atoms with Crippen molar-refractivity contribution in [1.29, 1.82) is 0 Å². The van der Waals surface area contributed by atoms with E-state index in [4.69, 9.17) is 4.98 Å². The fourth-order valence-corrected chi connectivity index (χ4v) is 4.87. The lowest BCUT2D eigenvalue weighted by Crippen LogP contribution is -2.41. The first-order chi connectivity index (χ1) is 14.2. The predicted octanol–water partition coefficient (Wildman–Crippen LogP) is 3.06. The minimum absolute atomic E-state index is 0.0206. The van der Waals surface area contributed by atoms with Crippen LogP contribution in [-0.4, -0.2) is 57.0 Å². The van der Waals surface area contributed by atoms with Crippen molar-refractivity contribution < 1.29 is 9.59 Å². The van der Waals surface area contributed by atoms with Crippen LogP contribution < -0.4 is 5.32 Å². The molecule has 154 valence electrons. The van der Waals surface area contributed by atoms with Gasteiger partial charge < -0.3 is 19.7 Å². The number of urea groups is 1. The van der Waals surface area contributed by atoms with E-state index < -0.39 is 0 Å². The smallest absolute Gasteiger partial charge is 0.317 e. The van der Waals surface area contributed by atoms with Crippen LogP contribution in [0, 0.1) is 0 Å². The molecule has 29 heavy (non-hydrogen) atoms. The number of fused-ring (bicyclic) bond motifs is 1. The van der Waals surface area contributed by atoms with E-state index in [0.717, 1.165) is 55.6 Å². The average Bonchev–Trinajstić information content (AvgIpc) is 3.44. The number of carbonyl (C=O) groups is 2. The fourth-order valence-electron chi connectivity index (χ4n) is 4.87. The molecule has 2 aromatic rings. The second-order valence-corrected chi connectivity index (χ2v) is 8.54. The van der Waals surface area contributed by atoms with Crippen molar-refractivity contribution >= 4 is 23.0 Å². The largest absolute Gasteiger partial charge is 0.340 e. The zero-order valence-corrected chi connectivity index (χ0v) is 16.8. The summed E-state index contributed by atoms with van der Waals surface area (Å²) in [7, 11) is 0. The van der Waals surface area contributed by atoms with Crippen LogP contribution in [-0.2, 0) is 11.3 Å².